The summed E-state index contributed by atoms with van der Waals surface area (Å²) in [5, 5.41) is 6.37. The van der Waals surface area contributed by atoms with Crippen molar-refractivity contribution in [3.05, 3.63) is 79.4 Å². The number of nitrogens with zero attached hydrogens (tertiary/aromatic N) is 5. The average Bonchev–Trinajstić information content (AvgIpc) is 2.70. The normalized spacial score (nSPS) is 10.3. The molecule has 26 heavy (non-hydrogen) atoms. The van der Waals surface area contributed by atoms with Crippen molar-refractivity contribution >= 4 is 23.3 Å². The van der Waals surface area contributed by atoms with Gasteiger partial charge < -0.3 is 10.6 Å². The summed E-state index contributed by atoms with van der Waals surface area (Å²) in [6, 6.07) is 17.2. The third-order valence-electron chi connectivity index (χ3n) is 3.54. The highest BCUT2D eigenvalue weighted by molar-refractivity contribution is 5.62. The van der Waals surface area contributed by atoms with Gasteiger partial charge in [0.25, 0.3) is 0 Å². The van der Waals surface area contributed by atoms with Crippen molar-refractivity contribution in [2.24, 2.45) is 0 Å². The number of aromatic nitrogens is 5. The lowest BCUT2D eigenvalue weighted by molar-refractivity contribution is 1.07. The Hall–Kier alpha value is -3.87. The molecular weight excluding hydrogens is 326 g/mol. The molecule has 4 aromatic rings. The quantitative estimate of drug-likeness (QED) is 0.570. The fraction of sp³-hybridized carbons (Fsp3) is 0. The standard InChI is InChI=1S/C19H15N7/c1-2-4-14(5-3-1)17-24-18(22-15-6-10-20-11-7-15)26-19(25-17)23-16-8-12-21-13-9-16/h1-13H,(H2,20,21,22,23,24,25,26). The number of nitrogens with one attached hydrogen (secondary N) is 2. The molecular formula is C19H15N7. The van der Waals surface area contributed by atoms with Gasteiger partial charge in [0.2, 0.25) is 11.9 Å². The Morgan fingerprint density at radius 1 is 0.538 bits per heavy atom. The summed E-state index contributed by atoms with van der Waals surface area (Å²) in [5.74, 6) is 1.47. The molecule has 0 saturated heterocycles. The van der Waals surface area contributed by atoms with Crippen LogP contribution in [0.15, 0.2) is 79.4 Å². The van der Waals surface area contributed by atoms with Crippen LogP contribution >= 0.6 is 0 Å². The highest BCUT2D eigenvalue weighted by atomic mass is 15.2. The molecule has 0 spiro atoms. The van der Waals surface area contributed by atoms with Gasteiger partial charge in [0.05, 0.1) is 0 Å². The monoisotopic (exact) mass is 341 g/mol. The van der Waals surface area contributed by atoms with Crippen LogP contribution in [0.25, 0.3) is 11.4 Å². The molecule has 0 bridgehead atoms. The van der Waals surface area contributed by atoms with Crippen molar-refractivity contribution in [2.75, 3.05) is 10.6 Å². The lowest BCUT2D eigenvalue weighted by atomic mass is 10.2. The van der Waals surface area contributed by atoms with Crippen molar-refractivity contribution in [3.63, 3.8) is 0 Å². The smallest absolute Gasteiger partial charge is 0.232 e. The molecule has 126 valence electrons. The van der Waals surface area contributed by atoms with E-state index >= 15 is 0 Å². The number of benzene rings is 1. The minimum atomic E-state index is 0.446. The van der Waals surface area contributed by atoms with Crippen molar-refractivity contribution in [1.29, 1.82) is 0 Å². The van der Waals surface area contributed by atoms with Crippen LogP contribution in [0.5, 0.6) is 0 Å². The molecule has 0 aliphatic rings. The molecule has 2 N–H and O–H groups in total. The van der Waals surface area contributed by atoms with Crippen LogP contribution in [0.2, 0.25) is 0 Å². The predicted molar refractivity (Wildman–Crippen MR) is 100 cm³/mol. The van der Waals surface area contributed by atoms with Gasteiger partial charge in [-0.3, -0.25) is 9.97 Å². The fourth-order valence-electron chi connectivity index (χ4n) is 2.33. The zero-order chi connectivity index (χ0) is 17.6. The number of anilines is 4. The molecule has 0 atom stereocenters. The molecule has 0 aliphatic heterocycles. The summed E-state index contributed by atoms with van der Waals surface area (Å²) in [6.07, 6.45) is 6.82. The zero-order valence-electron chi connectivity index (χ0n) is 13.7. The third kappa shape index (κ3) is 3.78. The van der Waals surface area contributed by atoms with E-state index in [1.54, 1.807) is 24.8 Å². The Balaban J connectivity index is 1.72. The van der Waals surface area contributed by atoms with Crippen LogP contribution in [0.4, 0.5) is 23.3 Å². The minimum Gasteiger partial charge on any atom is -0.324 e. The Labute approximate surface area is 150 Å². The van der Waals surface area contributed by atoms with Gasteiger partial charge in [-0.05, 0) is 24.3 Å². The molecule has 7 heteroatoms. The van der Waals surface area contributed by atoms with Gasteiger partial charge in [0.15, 0.2) is 5.82 Å². The summed E-state index contributed by atoms with van der Waals surface area (Å²) in [7, 11) is 0. The predicted octanol–water partition coefficient (Wildman–Crippen LogP) is 3.82. The summed E-state index contributed by atoms with van der Waals surface area (Å²) in [5.41, 5.74) is 2.60. The first-order chi connectivity index (χ1) is 12.9. The molecule has 0 fully saturated rings. The van der Waals surface area contributed by atoms with Crippen LogP contribution in [0.1, 0.15) is 0 Å². The molecule has 0 saturated carbocycles. The van der Waals surface area contributed by atoms with E-state index in [2.05, 4.69) is 35.6 Å². The number of hydrogen-bond acceptors (Lipinski definition) is 7. The lowest BCUT2D eigenvalue weighted by Crippen LogP contribution is -2.05. The SMILES string of the molecule is c1ccc(-c2nc(Nc3ccncc3)nc(Nc3ccncc3)n2)cc1. The Bertz CT molecular complexity index is 917. The second-order valence-electron chi connectivity index (χ2n) is 5.39. The van der Waals surface area contributed by atoms with Gasteiger partial charge in [-0.15, -0.1) is 0 Å². The Morgan fingerprint density at radius 3 is 1.54 bits per heavy atom. The molecule has 1 aromatic carbocycles. The Kier molecular flexibility index (Phi) is 4.42. The van der Waals surface area contributed by atoms with Crippen LogP contribution in [0.3, 0.4) is 0 Å². The first-order valence-corrected chi connectivity index (χ1v) is 8.02. The van der Waals surface area contributed by atoms with Crippen molar-refractivity contribution in [3.8, 4) is 11.4 Å². The van der Waals surface area contributed by atoms with E-state index in [0.29, 0.717) is 17.7 Å². The third-order valence-corrected chi connectivity index (χ3v) is 3.54. The van der Waals surface area contributed by atoms with Crippen molar-refractivity contribution in [1.82, 2.24) is 24.9 Å². The van der Waals surface area contributed by atoms with E-state index in [1.165, 1.54) is 0 Å². The summed E-state index contributed by atoms with van der Waals surface area (Å²) in [4.78, 5) is 21.6. The largest absolute Gasteiger partial charge is 0.324 e. The summed E-state index contributed by atoms with van der Waals surface area (Å²) < 4.78 is 0. The van der Waals surface area contributed by atoms with Gasteiger partial charge in [-0.2, -0.15) is 15.0 Å². The van der Waals surface area contributed by atoms with Gasteiger partial charge in [-0.1, -0.05) is 30.3 Å². The van der Waals surface area contributed by atoms with Crippen LogP contribution in [0, 0.1) is 0 Å². The van der Waals surface area contributed by atoms with Crippen molar-refractivity contribution in [2.45, 2.75) is 0 Å². The van der Waals surface area contributed by atoms with E-state index < -0.39 is 0 Å². The van der Waals surface area contributed by atoms with Crippen LogP contribution < -0.4 is 10.6 Å². The molecule has 0 unspecified atom stereocenters. The number of hydrogen-bond donors (Lipinski definition) is 2. The maximum absolute atomic E-state index is 4.53. The van der Waals surface area contributed by atoms with E-state index in [9.17, 15) is 0 Å². The first-order valence-electron chi connectivity index (χ1n) is 8.02. The molecule has 0 radical (unpaired) electrons. The second kappa shape index (κ2) is 7.35. The Morgan fingerprint density at radius 2 is 1.04 bits per heavy atom. The molecule has 3 aromatic heterocycles. The van der Waals surface area contributed by atoms with Crippen LogP contribution in [-0.4, -0.2) is 24.9 Å². The molecule has 0 amide bonds. The topological polar surface area (TPSA) is 88.5 Å². The van der Waals surface area contributed by atoms with Crippen LogP contribution in [-0.2, 0) is 0 Å². The minimum absolute atomic E-state index is 0.446. The van der Waals surface area contributed by atoms with Gasteiger partial charge in [-0.25, -0.2) is 0 Å². The maximum atomic E-state index is 4.53. The summed E-state index contributed by atoms with van der Waals surface area (Å²) >= 11 is 0. The second-order valence-corrected chi connectivity index (χ2v) is 5.39. The van der Waals surface area contributed by atoms with E-state index in [4.69, 9.17) is 0 Å². The highest BCUT2D eigenvalue weighted by Crippen LogP contribution is 2.21. The molecule has 0 aliphatic carbocycles. The highest BCUT2D eigenvalue weighted by Gasteiger charge is 2.09. The molecule has 3 heterocycles. The van der Waals surface area contributed by atoms with E-state index in [0.717, 1.165) is 16.9 Å². The number of rotatable bonds is 5. The van der Waals surface area contributed by atoms with E-state index in [1.807, 2.05) is 54.6 Å². The lowest BCUT2D eigenvalue weighted by Gasteiger charge is -2.10. The van der Waals surface area contributed by atoms with Crippen molar-refractivity contribution < 1.29 is 0 Å². The molecule has 4 rings (SSSR count). The first kappa shape index (κ1) is 15.6. The average molecular weight is 341 g/mol. The zero-order valence-corrected chi connectivity index (χ0v) is 13.7. The van der Waals surface area contributed by atoms with Gasteiger partial charge in [0, 0.05) is 41.7 Å². The van der Waals surface area contributed by atoms with E-state index in [-0.39, 0.29) is 0 Å². The number of pyridine rings is 2. The maximum Gasteiger partial charge on any atom is 0.232 e. The van der Waals surface area contributed by atoms with Gasteiger partial charge >= 0.3 is 0 Å². The summed E-state index contributed by atoms with van der Waals surface area (Å²) in [6.45, 7) is 0. The fourth-order valence-corrected chi connectivity index (χ4v) is 2.33. The van der Waals surface area contributed by atoms with Gasteiger partial charge in [0.1, 0.15) is 0 Å². The molecule has 7 nitrogen and oxygen atoms in total.